The maximum absolute atomic E-state index is 6.22. The summed E-state index contributed by atoms with van der Waals surface area (Å²) in [4.78, 5) is 0. The molecule has 0 radical (unpaired) electrons. The number of hydrogen-bond donors (Lipinski definition) is 1. The van der Waals surface area contributed by atoms with Crippen LogP contribution in [0.5, 0.6) is 5.75 Å². The molecule has 2 nitrogen and oxygen atoms in total. The summed E-state index contributed by atoms with van der Waals surface area (Å²) in [5, 5.41) is 4.61. The summed E-state index contributed by atoms with van der Waals surface area (Å²) in [6, 6.07) is 1.91. The van der Waals surface area contributed by atoms with Crippen molar-refractivity contribution in [3.8, 4) is 5.75 Å². The van der Waals surface area contributed by atoms with E-state index in [1.165, 1.54) is 0 Å². The van der Waals surface area contributed by atoms with Crippen molar-refractivity contribution in [1.29, 1.82) is 0 Å². The van der Waals surface area contributed by atoms with Crippen LogP contribution in [0.1, 0.15) is 17.5 Å². The van der Waals surface area contributed by atoms with Crippen LogP contribution in [0.2, 0.25) is 10.0 Å². The van der Waals surface area contributed by atoms with E-state index < -0.39 is 0 Å². The summed E-state index contributed by atoms with van der Waals surface area (Å²) in [7, 11) is 0. The molecule has 1 aromatic carbocycles. The minimum absolute atomic E-state index is 0.220. The Morgan fingerprint density at radius 2 is 2.06 bits per heavy atom. The van der Waals surface area contributed by atoms with Crippen LogP contribution in [0.15, 0.2) is 6.07 Å². The Bertz CT molecular complexity index is 400. The van der Waals surface area contributed by atoms with Crippen molar-refractivity contribution in [1.82, 2.24) is 5.32 Å². The Morgan fingerprint density at radius 1 is 1.31 bits per heavy atom. The predicted molar refractivity (Wildman–Crippen MR) is 67.8 cm³/mol. The highest BCUT2D eigenvalue weighted by molar-refractivity contribution is 6.37. The van der Waals surface area contributed by atoms with Gasteiger partial charge in [0.05, 0.1) is 5.02 Å². The first-order valence-electron chi connectivity index (χ1n) is 5.42. The van der Waals surface area contributed by atoms with Crippen molar-refractivity contribution >= 4 is 23.2 Å². The molecule has 1 aliphatic heterocycles. The largest absolute Gasteiger partial charge is 0.487 e. The fourth-order valence-electron chi connectivity index (χ4n) is 1.89. The molecule has 1 saturated heterocycles. The molecule has 0 aromatic heterocycles. The third kappa shape index (κ3) is 2.29. The molecule has 88 valence electrons. The third-order valence-electron chi connectivity index (χ3n) is 2.88. The second-order valence-corrected chi connectivity index (χ2v) is 4.93. The molecular formula is C12H15Cl2NO. The maximum atomic E-state index is 6.22. The first-order chi connectivity index (χ1) is 7.59. The van der Waals surface area contributed by atoms with Gasteiger partial charge in [-0.25, -0.2) is 0 Å². The number of benzene rings is 1. The van der Waals surface area contributed by atoms with Gasteiger partial charge in [0.2, 0.25) is 0 Å². The molecule has 0 spiro atoms. The van der Waals surface area contributed by atoms with Gasteiger partial charge < -0.3 is 10.1 Å². The number of ether oxygens (including phenoxy) is 1. The van der Waals surface area contributed by atoms with Crippen LogP contribution in [-0.2, 0) is 0 Å². The van der Waals surface area contributed by atoms with E-state index >= 15 is 0 Å². The molecule has 0 bridgehead atoms. The lowest BCUT2D eigenvalue weighted by Gasteiger charge is -2.16. The van der Waals surface area contributed by atoms with E-state index in [2.05, 4.69) is 5.32 Å². The van der Waals surface area contributed by atoms with Gasteiger partial charge in [-0.15, -0.1) is 0 Å². The highest BCUT2D eigenvalue weighted by Crippen LogP contribution is 2.36. The molecule has 0 amide bonds. The zero-order chi connectivity index (χ0) is 11.7. The van der Waals surface area contributed by atoms with Gasteiger partial charge in [0.15, 0.2) is 0 Å². The first kappa shape index (κ1) is 12.0. The van der Waals surface area contributed by atoms with E-state index in [0.29, 0.717) is 5.02 Å². The molecular weight excluding hydrogens is 245 g/mol. The topological polar surface area (TPSA) is 21.3 Å². The summed E-state index contributed by atoms with van der Waals surface area (Å²) < 4.78 is 5.87. The molecule has 0 unspecified atom stereocenters. The molecule has 0 saturated carbocycles. The van der Waals surface area contributed by atoms with Crippen molar-refractivity contribution in [2.75, 3.05) is 13.1 Å². The summed E-state index contributed by atoms with van der Waals surface area (Å²) in [6.07, 6.45) is 1.24. The van der Waals surface area contributed by atoms with Crippen molar-refractivity contribution in [3.63, 3.8) is 0 Å². The number of aryl methyl sites for hydroxylation is 1. The molecule has 16 heavy (non-hydrogen) atoms. The zero-order valence-electron chi connectivity index (χ0n) is 9.44. The molecule has 1 aromatic rings. The zero-order valence-corrected chi connectivity index (χ0v) is 11.0. The summed E-state index contributed by atoms with van der Waals surface area (Å²) in [6.45, 7) is 5.77. The third-order valence-corrected chi connectivity index (χ3v) is 3.93. The van der Waals surface area contributed by atoms with Crippen LogP contribution in [0.3, 0.4) is 0 Å². The molecule has 4 heteroatoms. The lowest BCUT2D eigenvalue weighted by molar-refractivity contribution is 0.223. The lowest BCUT2D eigenvalue weighted by Crippen LogP contribution is -2.19. The molecule has 1 fully saturated rings. The van der Waals surface area contributed by atoms with E-state index in [9.17, 15) is 0 Å². The van der Waals surface area contributed by atoms with E-state index in [4.69, 9.17) is 27.9 Å². The van der Waals surface area contributed by atoms with Crippen molar-refractivity contribution in [3.05, 3.63) is 27.2 Å². The van der Waals surface area contributed by atoms with E-state index in [1.807, 2.05) is 19.9 Å². The predicted octanol–water partition coefficient (Wildman–Crippen LogP) is 3.35. The van der Waals surface area contributed by atoms with Gasteiger partial charge in [0.1, 0.15) is 11.9 Å². The Hall–Kier alpha value is -0.440. The Kier molecular flexibility index (Phi) is 3.63. The van der Waals surface area contributed by atoms with Crippen LogP contribution in [-0.4, -0.2) is 19.2 Å². The fourth-order valence-corrected chi connectivity index (χ4v) is 2.29. The maximum Gasteiger partial charge on any atom is 0.139 e. The van der Waals surface area contributed by atoms with Gasteiger partial charge in [0, 0.05) is 11.6 Å². The van der Waals surface area contributed by atoms with E-state index in [0.717, 1.165) is 41.4 Å². The van der Waals surface area contributed by atoms with Crippen LogP contribution in [0, 0.1) is 13.8 Å². The smallest absolute Gasteiger partial charge is 0.139 e. The minimum Gasteiger partial charge on any atom is -0.487 e. The molecule has 0 aliphatic carbocycles. The SMILES string of the molecule is Cc1cc(O[C@@H]2CCNC2)c(Cl)c(C)c1Cl. The summed E-state index contributed by atoms with van der Waals surface area (Å²) >= 11 is 12.3. The Labute approximate surface area is 106 Å². The number of rotatable bonds is 2. The standard InChI is InChI=1S/C12H15Cl2NO/c1-7-5-10(12(14)8(2)11(7)13)16-9-3-4-15-6-9/h5,9,15H,3-4,6H2,1-2H3/t9-/m1/s1. The van der Waals surface area contributed by atoms with Gasteiger partial charge in [-0.1, -0.05) is 23.2 Å². The number of hydrogen-bond acceptors (Lipinski definition) is 2. The number of nitrogens with one attached hydrogen (secondary N) is 1. The molecule has 1 atom stereocenters. The Morgan fingerprint density at radius 3 is 2.69 bits per heavy atom. The van der Waals surface area contributed by atoms with Crippen LogP contribution >= 0.6 is 23.2 Å². The summed E-state index contributed by atoms with van der Waals surface area (Å²) in [5.41, 5.74) is 1.90. The normalized spacial score (nSPS) is 20.1. The fraction of sp³-hybridized carbons (Fsp3) is 0.500. The average molecular weight is 260 g/mol. The summed E-state index contributed by atoms with van der Waals surface area (Å²) in [5.74, 6) is 0.745. The first-order valence-corrected chi connectivity index (χ1v) is 6.17. The van der Waals surface area contributed by atoms with Crippen LogP contribution in [0.25, 0.3) is 0 Å². The van der Waals surface area contributed by atoms with Crippen molar-refractivity contribution in [2.24, 2.45) is 0 Å². The van der Waals surface area contributed by atoms with Crippen molar-refractivity contribution < 1.29 is 4.74 Å². The molecule has 1 heterocycles. The lowest BCUT2D eigenvalue weighted by atomic mass is 10.1. The van der Waals surface area contributed by atoms with Gasteiger partial charge in [0.25, 0.3) is 0 Å². The van der Waals surface area contributed by atoms with E-state index in [-0.39, 0.29) is 6.10 Å². The second kappa shape index (κ2) is 4.82. The molecule has 1 aliphatic rings. The van der Waals surface area contributed by atoms with E-state index in [1.54, 1.807) is 0 Å². The minimum atomic E-state index is 0.220. The van der Waals surface area contributed by atoms with Gasteiger partial charge in [-0.05, 0) is 44.0 Å². The van der Waals surface area contributed by atoms with Gasteiger partial charge >= 0.3 is 0 Å². The Balaban J connectivity index is 2.26. The monoisotopic (exact) mass is 259 g/mol. The molecule has 1 N–H and O–H groups in total. The average Bonchev–Trinajstić information content (AvgIpc) is 2.76. The highest BCUT2D eigenvalue weighted by atomic mass is 35.5. The number of halogens is 2. The quantitative estimate of drug-likeness (QED) is 0.880. The van der Waals surface area contributed by atoms with Crippen molar-refractivity contribution in [2.45, 2.75) is 26.4 Å². The highest BCUT2D eigenvalue weighted by Gasteiger charge is 2.19. The second-order valence-electron chi connectivity index (χ2n) is 4.18. The van der Waals surface area contributed by atoms with Gasteiger partial charge in [-0.3, -0.25) is 0 Å². The van der Waals surface area contributed by atoms with Crippen LogP contribution < -0.4 is 10.1 Å². The molecule has 2 rings (SSSR count). The van der Waals surface area contributed by atoms with Crippen LogP contribution in [0.4, 0.5) is 0 Å². The van der Waals surface area contributed by atoms with Gasteiger partial charge in [-0.2, -0.15) is 0 Å².